The monoisotopic (exact) mass is 272 g/mol. The van der Waals surface area contributed by atoms with Crippen LogP contribution in [0, 0.1) is 0 Å². The van der Waals surface area contributed by atoms with E-state index in [4.69, 9.17) is 0 Å². The first-order chi connectivity index (χ1) is 6.03. The van der Waals surface area contributed by atoms with E-state index in [0.717, 1.165) is 0 Å². The summed E-state index contributed by atoms with van der Waals surface area (Å²) in [4.78, 5) is 0. The molecule has 0 saturated heterocycles. The highest BCUT2D eigenvalue weighted by Crippen LogP contribution is 2.50. The summed E-state index contributed by atoms with van der Waals surface area (Å²) in [7, 11) is -0.726. The zero-order valence-corrected chi connectivity index (χ0v) is 11.6. The fourth-order valence-corrected chi connectivity index (χ4v) is 2.70. The quantitative estimate of drug-likeness (QED) is 0.713. The molecule has 0 aliphatic heterocycles. The van der Waals surface area contributed by atoms with Crippen LogP contribution in [-0.4, -0.2) is 20.0 Å². The Labute approximate surface area is 98.5 Å². The minimum atomic E-state index is -0.726. The van der Waals surface area contributed by atoms with Gasteiger partial charge in [0.05, 0.1) is 6.16 Å². The van der Waals surface area contributed by atoms with E-state index in [1.807, 2.05) is 6.08 Å². The van der Waals surface area contributed by atoms with Crippen molar-refractivity contribution in [2.45, 2.75) is 6.16 Å². The number of hydrogen-bond acceptors (Lipinski definition) is 0. The molecule has 0 fully saturated rings. The summed E-state index contributed by atoms with van der Waals surface area (Å²) in [5, 5.41) is 0. The third-order valence-corrected chi connectivity index (χ3v) is 3.21. The highest BCUT2D eigenvalue weighted by molar-refractivity contribution is 7.72. The van der Waals surface area contributed by atoms with Crippen molar-refractivity contribution in [3.05, 3.63) is 42.0 Å². The maximum absolute atomic E-state index is 3.83. The molecule has 0 atom stereocenters. The average Bonchev–Trinajstić information content (AvgIpc) is 2.02. The number of halogens is 1. The summed E-state index contributed by atoms with van der Waals surface area (Å²) < 4.78 is 0. The fraction of sp³-hybridized carbons (Fsp3) is 0.333. The maximum atomic E-state index is 3.83. The van der Waals surface area contributed by atoms with Gasteiger partial charge in [0, 0.05) is 27.3 Å². The van der Waals surface area contributed by atoms with E-state index in [0.29, 0.717) is 0 Å². The normalized spacial score (nSPS) is 10.5. The first kappa shape index (κ1) is 13.9. The number of benzene rings is 1. The molecule has 2 heteroatoms. The van der Waals surface area contributed by atoms with Crippen molar-refractivity contribution in [1.82, 2.24) is 0 Å². The zero-order chi connectivity index (χ0) is 9.90. The van der Waals surface area contributed by atoms with Gasteiger partial charge in [0.1, 0.15) is 0 Å². The molecule has 1 aromatic rings. The van der Waals surface area contributed by atoms with Crippen molar-refractivity contribution in [3.8, 4) is 0 Å². The van der Waals surface area contributed by atoms with Gasteiger partial charge < -0.3 is 17.0 Å². The smallest absolute Gasteiger partial charge is 0.0840 e. The molecular weight excluding hydrogens is 255 g/mol. The van der Waals surface area contributed by atoms with Gasteiger partial charge in [-0.05, 0) is 11.1 Å². The second kappa shape index (κ2) is 5.68. The van der Waals surface area contributed by atoms with Gasteiger partial charge in [0.25, 0.3) is 0 Å². The van der Waals surface area contributed by atoms with E-state index in [9.17, 15) is 0 Å². The van der Waals surface area contributed by atoms with Crippen LogP contribution >= 0.6 is 7.26 Å². The van der Waals surface area contributed by atoms with Crippen LogP contribution in [0.3, 0.4) is 0 Å². The van der Waals surface area contributed by atoms with Crippen LogP contribution < -0.4 is 17.0 Å². The lowest BCUT2D eigenvalue weighted by Crippen LogP contribution is -3.00. The Morgan fingerprint density at radius 1 is 1.21 bits per heavy atom. The van der Waals surface area contributed by atoms with Crippen LogP contribution in [0.1, 0.15) is 11.1 Å². The van der Waals surface area contributed by atoms with E-state index in [1.165, 1.54) is 17.3 Å². The molecule has 78 valence electrons. The van der Waals surface area contributed by atoms with Crippen LogP contribution in [0.15, 0.2) is 30.8 Å². The third kappa shape index (κ3) is 4.39. The molecule has 0 saturated carbocycles. The third-order valence-electron chi connectivity index (χ3n) is 1.92. The SMILES string of the molecule is C=Cc1ccccc1C[P+](C)(C)C.[Br-]. The summed E-state index contributed by atoms with van der Waals surface area (Å²) in [6.45, 7) is 10.9. The Bertz CT molecular complexity index is 299. The predicted octanol–water partition coefficient (Wildman–Crippen LogP) is 0.741. The van der Waals surface area contributed by atoms with E-state index < -0.39 is 7.26 Å². The lowest BCUT2D eigenvalue weighted by atomic mass is 10.1. The van der Waals surface area contributed by atoms with Gasteiger partial charge in [0.15, 0.2) is 0 Å². The minimum Gasteiger partial charge on any atom is -1.00 e. The van der Waals surface area contributed by atoms with E-state index in [1.54, 1.807) is 0 Å². The Morgan fingerprint density at radius 2 is 1.79 bits per heavy atom. The van der Waals surface area contributed by atoms with Gasteiger partial charge in [-0.2, -0.15) is 0 Å². The minimum absolute atomic E-state index is 0. The van der Waals surface area contributed by atoms with E-state index in [2.05, 4.69) is 50.8 Å². The van der Waals surface area contributed by atoms with Gasteiger partial charge in [-0.25, -0.2) is 0 Å². The summed E-state index contributed by atoms with van der Waals surface area (Å²) in [6.07, 6.45) is 3.17. The summed E-state index contributed by atoms with van der Waals surface area (Å²) in [5.74, 6) is 0. The molecule has 0 unspecified atom stereocenters. The fourth-order valence-electron chi connectivity index (χ4n) is 1.39. The molecular formula is C12H18BrP. The van der Waals surface area contributed by atoms with Crippen LogP contribution in [0.4, 0.5) is 0 Å². The molecule has 0 spiro atoms. The number of rotatable bonds is 3. The van der Waals surface area contributed by atoms with Crippen LogP contribution in [0.5, 0.6) is 0 Å². The Hall–Kier alpha value is -0.130. The predicted molar refractivity (Wildman–Crippen MR) is 64.9 cm³/mol. The molecule has 0 radical (unpaired) electrons. The molecule has 0 aromatic heterocycles. The summed E-state index contributed by atoms with van der Waals surface area (Å²) in [5.41, 5.74) is 2.73. The molecule has 0 aliphatic rings. The summed E-state index contributed by atoms with van der Waals surface area (Å²) in [6, 6.07) is 8.53. The Balaban J connectivity index is 0.00000169. The molecule has 0 nitrogen and oxygen atoms in total. The number of hydrogen-bond donors (Lipinski definition) is 0. The van der Waals surface area contributed by atoms with Crippen molar-refractivity contribution >= 4 is 13.3 Å². The van der Waals surface area contributed by atoms with Crippen LogP contribution in [0.25, 0.3) is 6.08 Å². The molecule has 1 rings (SSSR count). The Morgan fingerprint density at radius 3 is 2.29 bits per heavy atom. The topological polar surface area (TPSA) is 0 Å². The van der Waals surface area contributed by atoms with Crippen molar-refractivity contribution < 1.29 is 17.0 Å². The largest absolute Gasteiger partial charge is 1.00 e. The molecule has 0 aliphatic carbocycles. The van der Waals surface area contributed by atoms with Crippen molar-refractivity contribution in [2.24, 2.45) is 0 Å². The molecule has 0 bridgehead atoms. The first-order valence-electron chi connectivity index (χ1n) is 4.54. The molecule has 14 heavy (non-hydrogen) atoms. The molecule has 0 heterocycles. The van der Waals surface area contributed by atoms with Crippen LogP contribution in [-0.2, 0) is 6.16 Å². The van der Waals surface area contributed by atoms with Gasteiger partial charge in [0.2, 0.25) is 0 Å². The Kier molecular flexibility index (Phi) is 5.63. The second-order valence-corrected chi connectivity index (χ2v) is 9.25. The van der Waals surface area contributed by atoms with Crippen LogP contribution in [0.2, 0.25) is 0 Å². The maximum Gasteiger partial charge on any atom is 0.0840 e. The first-order valence-corrected chi connectivity index (χ1v) is 7.85. The highest BCUT2D eigenvalue weighted by Gasteiger charge is 2.18. The highest BCUT2D eigenvalue weighted by atomic mass is 79.9. The molecule has 1 aromatic carbocycles. The second-order valence-electron chi connectivity index (χ2n) is 4.35. The lowest BCUT2D eigenvalue weighted by molar-refractivity contribution is -0.00000298. The van der Waals surface area contributed by atoms with E-state index in [-0.39, 0.29) is 17.0 Å². The molecule has 0 N–H and O–H groups in total. The van der Waals surface area contributed by atoms with Crippen molar-refractivity contribution in [2.75, 3.05) is 20.0 Å². The zero-order valence-electron chi connectivity index (χ0n) is 9.13. The summed E-state index contributed by atoms with van der Waals surface area (Å²) >= 11 is 0. The van der Waals surface area contributed by atoms with Gasteiger partial charge in [-0.3, -0.25) is 0 Å². The van der Waals surface area contributed by atoms with E-state index >= 15 is 0 Å². The van der Waals surface area contributed by atoms with Crippen molar-refractivity contribution in [1.29, 1.82) is 0 Å². The van der Waals surface area contributed by atoms with Gasteiger partial charge in [-0.1, -0.05) is 36.9 Å². The van der Waals surface area contributed by atoms with Gasteiger partial charge in [-0.15, -0.1) is 0 Å². The lowest BCUT2D eigenvalue weighted by Gasteiger charge is -2.13. The standard InChI is InChI=1S/C12H18P.BrH/c1-5-11-8-6-7-9-12(11)10-13(2,3)4;/h5-9H,1,10H2,2-4H3;1H/q+1;/p-1. The molecule has 0 amide bonds. The average molecular weight is 273 g/mol. The van der Waals surface area contributed by atoms with Crippen molar-refractivity contribution in [3.63, 3.8) is 0 Å². The van der Waals surface area contributed by atoms with Gasteiger partial charge >= 0.3 is 0 Å².